The Kier molecular flexibility index (Phi) is 3.86. The SMILES string of the molecule is Cn1ccc(NC(=O)NCc2ncc(-c3ccccc3)[nH]2)n1. The van der Waals surface area contributed by atoms with Crippen LogP contribution in [-0.2, 0) is 13.6 Å². The van der Waals surface area contributed by atoms with E-state index in [1.54, 1.807) is 30.2 Å². The molecule has 0 unspecified atom stereocenters. The second-order valence-electron chi connectivity index (χ2n) is 4.79. The van der Waals surface area contributed by atoms with Crippen molar-refractivity contribution in [2.24, 2.45) is 7.05 Å². The lowest BCUT2D eigenvalue weighted by Crippen LogP contribution is -2.28. The molecule has 0 saturated carbocycles. The molecule has 0 fully saturated rings. The zero-order valence-corrected chi connectivity index (χ0v) is 12.1. The van der Waals surface area contributed by atoms with E-state index in [0.717, 1.165) is 11.3 Å². The Morgan fingerprint density at radius 2 is 2.09 bits per heavy atom. The van der Waals surface area contributed by atoms with Crippen LogP contribution in [0.3, 0.4) is 0 Å². The van der Waals surface area contributed by atoms with Crippen molar-refractivity contribution in [2.45, 2.75) is 6.54 Å². The predicted molar refractivity (Wildman–Crippen MR) is 83.1 cm³/mol. The van der Waals surface area contributed by atoms with Gasteiger partial charge in [-0.2, -0.15) is 5.10 Å². The maximum Gasteiger partial charge on any atom is 0.320 e. The number of hydrogen-bond donors (Lipinski definition) is 3. The number of hydrogen-bond acceptors (Lipinski definition) is 3. The lowest BCUT2D eigenvalue weighted by molar-refractivity contribution is 0.251. The largest absolute Gasteiger partial charge is 0.341 e. The fraction of sp³-hybridized carbons (Fsp3) is 0.133. The number of carbonyl (C=O) groups is 1. The van der Waals surface area contributed by atoms with Gasteiger partial charge in [0.2, 0.25) is 0 Å². The number of H-pyrrole nitrogens is 1. The van der Waals surface area contributed by atoms with Crippen LogP contribution in [0.5, 0.6) is 0 Å². The van der Waals surface area contributed by atoms with Crippen molar-refractivity contribution in [1.29, 1.82) is 0 Å². The van der Waals surface area contributed by atoms with Gasteiger partial charge < -0.3 is 10.3 Å². The molecule has 3 aromatic rings. The van der Waals surface area contributed by atoms with Crippen molar-refractivity contribution >= 4 is 11.8 Å². The van der Waals surface area contributed by atoms with Crippen LogP contribution in [0.1, 0.15) is 5.82 Å². The number of anilines is 1. The summed E-state index contributed by atoms with van der Waals surface area (Å²) in [4.78, 5) is 19.2. The van der Waals surface area contributed by atoms with E-state index in [1.807, 2.05) is 30.3 Å². The topological polar surface area (TPSA) is 87.6 Å². The summed E-state index contributed by atoms with van der Waals surface area (Å²) < 4.78 is 1.62. The molecule has 0 saturated heterocycles. The lowest BCUT2D eigenvalue weighted by Gasteiger charge is -2.03. The van der Waals surface area contributed by atoms with E-state index in [-0.39, 0.29) is 6.03 Å². The molecule has 3 rings (SSSR count). The summed E-state index contributed by atoms with van der Waals surface area (Å²) in [5.41, 5.74) is 1.97. The molecule has 0 bridgehead atoms. The molecule has 7 heteroatoms. The van der Waals surface area contributed by atoms with Gasteiger partial charge in [0.1, 0.15) is 5.82 Å². The molecule has 0 atom stereocenters. The highest BCUT2D eigenvalue weighted by Gasteiger charge is 2.06. The highest BCUT2D eigenvalue weighted by Crippen LogP contribution is 2.15. The van der Waals surface area contributed by atoms with Crippen molar-refractivity contribution in [1.82, 2.24) is 25.1 Å². The number of aryl methyl sites for hydroxylation is 1. The Hall–Kier alpha value is -3.09. The number of rotatable bonds is 4. The van der Waals surface area contributed by atoms with Crippen molar-refractivity contribution in [2.75, 3.05) is 5.32 Å². The lowest BCUT2D eigenvalue weighted by atomic mass is 10.2. The number of aromatic nitrogens is 4. The molecule has 0 radical (unpaired) electrons. The molecule has 0 spiro atoms. The summed E-state index contributed by atoms with van der Waals surface area (Å²) in [5.74, 6) is 1.19. The van der Waals surface area contributed by atoms with Crippen LogP contribution in [0.15, 0.2) is 48.8 Å². The zero-order chi connectivity index (χ0) is 15.4. The van der Waals surface area contributed by atoms with Crippen LogP contribution < -0.4 is 10.6 Å². The van der Waals surface area contributed by atoms with Crippen LogP contribution in [0.2, 0.25) is 0 Å². The molecule has 112 valence electrons. The third-order valence-electron chi connectivity index (χ3n) is 3.08. The van der Waals surface area contributed by atoms with Gasteiger partial charge in [0.05, 0.1) is 18.4 Å². The van der Waals surface area contributed by atoms with Gasteiger partial charge in [0.25, 0.3) is 0 Å². The Morgan fingerprint density at radius 1 is 1.27 bits per heavy atom. The number of aromatic amines is 1. The number of nitrogens with one attached hydrogen (secondary N) is 3. The van der Waals surface area contributed by atoms with Crippen molar-refractivity contribution in [3.63, 3.8) is 0 Å². The molecule has 0 aliphatic rings. The summed E-state index contributed by atoms with van der Waals surface area (Å²) in [6, 6.07) is 11.3. The maximum atomic E-state index is 11.8. The molecule has 1 aromatic carbocycles. The smallest absolute Gasteiger partial charge is 0.320 e. The molecular formula is C15H16N6O. The van der Waals surface area contributed by atoms with E-state index < -0.39 is 0 Å². The molecule has 22 heavy (non-hydrogen) atoms. The minimum Gasteiger partial charge on any atom is -0.341 e. The molecule has 2 aromatic heterocycles. The first-order valence-corrected chi connectivity index (χ1v) is 6.84. The first-order chi connectivity index (χ1) is 10.7. The molecule has 7 nitrogen and oxygen atoms in total. The first-order valence-electron chi connectivity index (χ1n) is 6.84. The predicted octanol–water partition coefficient (Wildman–Crippen LogP) is 2.13. The Morgan fingerprint density at radius 3 is 2.82 bits per heavy atom. The van der Waals surface area contributed by atoms with E-state index >= 15 is 0 Å². The van der Waals surface area contributed by atoms with Crippen molar-refractivity contribution in [3.05, 3.63) is 54.6 Å². The van der Waals surface area contributed by atoms with Gasteiger partial charge >= 0.3 is 6.03 Å². The van der Waals surface area contributed by atoms with E-state index in [9.17, 15) is 4.79 Å². The van der Waals surface area contributed by atoms with Crippen LogP contribution in [0, 0.1) is 0 Å². The number of nitrogens with zero attached hydrogens (tertiary/aromatic N) is 3. The third-order valence-corrected chi connectivity index (χ3v) is 3.08. The van der Waals surface area contributed by atoms with E-state index in [4.69, 9.17) is 0 Å². The van der Waals surface area contributed by atoms with Gasteiger partial charge in [-0.25, -0.2) is 9.78 Å². The van der Waals surface area contributed by atoms with Gasteiger partial charge in [-0.1, -0.05) is 30.3 Å². The molecule has 2 amide bonds. The minimum atomic E-state index is -0.323. The standard InChI is InChI=1S/C15H16N6O/c1-21-8-7-13(20-21)19-15(22)17-10-14-16-9-12(18-14)11-5-3-2-4-6-11/h2-9H,10H2,1H3,(H,16,18)(H2,17,19,20,22). The van der Waals surface area contributed by atoms with Crippen molar-refractivity contribution in [3.8, 4) is 11.3 Å². The third kappa shape index (κ3) is 3.32. The van der Waals surface area contributed by atoms with E-state index in [2.05, 4.69) is 25.7 Å². The quantitative estimate of drug-likeness (QED) is 0.689. The highest BCUT2D eigenvalue weighted by atomic mass is 16.2. The normalized spacial score (nSPS) is 10.4. The monoisotopic (exact) mass is 296 g/mol. The Labute approximate surface area is 127 Å². The van der Waals surface area contributed by atoms with Crippen molar-refractivity contribution < 1.29 is 4.79 Å². The number of amides is 2. The second kappa shape index (κ2) is 6.13. The van der Waals surface area contributed by atoms with Crippen LogP contribution in [0.25, 0.3) is 11.3 Å². The molecular weight excluding hydrogens is 280 g/mol. The zero-order valence-electron chi connectivity index (χ0n) is 12.1. The van der Waals surface area contributed by atoms with E-state index in [1.165, 1.54) is 0 Å². The number of urea groups is 1. The van der Waals surface area contributed by atoms with Gasteiger partial charge in [-0.15, -0.1) is 0 Å². The summed E-state index contributed by atoms with van der Waals surface area (Å²) in [5, 5.41) is 9.45. The van der Waals surface area contributed by atoms with Gasteiger partial charge in [0.15, 0.2) is 5.82 Å². The van der Waals surface area contributed by atoms with Gasteiger partial charge in [-0.05, 0) is 5.56 Å². The highest BCUT2D eigenvalue weighted by molar-refractivity contribution is 5.87. The average Bonchev–Trinajstić information content (AvgIpc) is 3.15. The number of benzene rings is 1. The maximum absolute atomic E-state index is 11.8. The van der Waals surface area contributed by atoms with Crippen LogP contribution in [-0.4, -0.2) is 25.8 Å². The number of carbonyl (C=O) groups excluding carboxylic acids is 1. The summed E-state index contributed by atoms with van der Waals surface area (Å²) in [6.07, 6.45) is 3.51. The fourth-order valence-corrected chi connectivity index (χ4v) is 2.02. The van der Waals surface area contributed by atoms with Gasteiger partial charge in [-0.3, -0.25) is 10.00 Å². The Balaban J connectivity index is 1.56. The molecule has 2 heterocycles. The molecule has 0 aliphatic carbocycles. The number of imidazole rings is 1. The van der Waals surface area contributed by atoms with Crippen LogP contribution >= 0.6 is 0 Å². The Bertz CT molecular complexity index is 761. The van der Waals surface area contributed by atoms with Gasteiger partial charge in [0, 0.05) is 19.3 Å². The summed E-state index contributed by atoms with van der Waals surface area (Å²) in [6.45, 7) is 0.311. The van der Waals surface area contributed by atoms with E-state index in [0.29, 0.717) is 18.2 Å². The molecule has 0 aliphatic heterocycles. The summed E-state index contributed by atoms with van der Waals surface area (Å²) >= 11 is 0. The summed E-state index contributed by atoms with van der Waals surface area (Å²) in [7, 11) is 1.79. The molecule has 3 N–H and O–H groups in total. The van der Waals surface area contributed by atoms with Crippen LogP contribution in [0.4, 0.5) is 10.6 Å². The first kappa shape index (κ1) is 13.9. The minimum absolute atomic E-state index is 0.311. The second-order valence-corrected chi connectivity index (χ2v) is 4.79. The fourth-order valence-electron chi connectivity index (χ4n) is 2.02. The average molecular weight is 296 g/mol.